The van der Waals surface area contributed by atoms with E-state index in [1.54, 1.807) is 12.1 Å². The molecule has 4 heteroatoms. The van der Waals surface area contributed by atoms with Gasteiger partial charge in [0.25, 0.3) is 0 Å². The summed E-state index contributed by atoms with van der Waals surface area (Å²) in [4.78, 5) is 11.2. The summed E-state index contributed by atoms with van der Waals surface area (Å²) in [7, 11) is 1.38. The van der Waals surface area contributed by atoms with Crippen LogP contribution in [0, 0.1) is 0 Å². The molecule has 0 saturated carbocycles. The van der Waals surface area contributed by atoms with Crippen LogP contribution >= 0.6 is 0 Å². The molecule has 1 aromatic rings. The number of hydrogen-bond acceptors (Lipinski definition) is 4. The monoisotopic (exact) mass is 251 g/mol. The van der Waals surface area contributed by atoms with Crippen molar-refractivity contribution in [3.05, 3.63) is 35.4 Å². The normalized spacial score (nSPS) is 10.7. The topological polar surface area (TPSA) is 47.6 Å². The first-order valence-electron chi connectivity index (χ1n) is 6.13. The molecule has 0 spiro atoms. The molecule has 0 heterocycles. The molecule has 0 atom stereocenters. The van der Waals surface area contributed by atoms with Gasteiger partial charge in [0.1, 0.15) is 0 Å². The van der Waals surface area contributed by atoms with E-state index in [1.807, 2.05) is 26.0 Å². The fraction of sp³-hybridized carbons (Fsp3) is 0.500. The number of benzene rings is 1. The van der Waals surface area contributed by atoms with Gasteiger partial charge in [-0.25, -0.2) is 4.79 Å². The third-order valence-corrected chi connectivity index (χ3v) is 2.43. The summed E-state index contributed by atoms with van der Waals surface area (Å²) in [5, 5.41) is 3.28. The number of nitrogens with one attached hydrogen (secondary N) is 1. The highest BCUT2D eigenvalue weighted by atomic mass is 16.5. The highest BCUT2D eigenvalue weighted by Crippen LogP contribution is 2.05. The van der Waals surface area contributed by atoms with Crippen molar-refractivity contribution in [3.63, 3.8) is 0 Å². The maximum absolute atomic E-state index is 11.2. The lowest BCUT2D eigenvalue weighted by atomic mass is 10.1. The first-order valence-corrected chi connectivity index (χ1v) is 6.13. The van der Waals surface area contributed by atoms with Crippen LogP contribution in [-0.4, -0.2) is 32.3 Å². The molecular weight excluding hydrogens is 230 g/mol. The zero-order valence-electron chi connectivity index (χ0n) is 11.2. The molecule has 0 bridgehead atoms. The van der Waals surface area contributed by atoms with E-state index in [9.17, 15) is 4.79 Å². The number of rotatable bonds is 7. The van der Waals surface area contributed by atoms with Gasteiger partial charge in [0, 0.05) is 13.1 Å². The molecule has 0 radical (unpaired) electrons. The van der Waals surface area contributed by atoms with E-state index in [-0.39, 0.29) is 12.1 Å². The second-order valence-corrected chi connectivity index (χ2v) is 4.28. The molecule has 0 amide bonds. The van der Waals surface area contributed by atoms with Gasteiger partial charge in [0.05, 0.1) is 25.4 Å². The van der Waals surface area contributed by atoms with Crippen LogP contribution in [0.2, 0.25) is 0 Å². The second kappa shape index (κ2) is 7.84. The van der Waals surface area contributed by atoms with Crippen molar-refractivity contribution >= 4 is 5.97 Å². The van der Waals surface area contributed by atoms with Crippen molar-refractivity contribution in [1.82, 2.24) is 5.32 Å². The molecule has 4 nitrogen and oxygen atoms in total. The van der Waals surface area contributed by atoms with E-state index in [4.69, 9.17) is 4.74 Å². The lowest BCUT2D eigenvalue weighted by Gasteiger charge is -2.08. The Morgan fingerprint density at radius 1 is 1.28 bits per heavy atom. The first-order chi connectivity index (χ1) is 8.63. The fourth-order valence-corrected chi connectivity index (χ4v) is 1.48. The van der Waals surface area contributed by atoms with E-state index in [0.717, 1.165) is 18.7 Å². The Morgan fingerprint density at radius 3 is 2.50 bits per heavy atom. The van der Waals surface area contributed by atoms with Gasteiger partial charge in [-0.2, -0.15) is 0 Å². The van der Waals surface area contributed by atoms with Crippen LogP contribution in [0.3, 0.4) is 0 Å². The molecule has 0 aliphatic rings. The molecule has 0 aromatic heterocycles. The van der Waals surface area contributed by atoms with Crippen molar-refractivity contribution in [2.24, 2.45) is 0 Å². The lowest BCUT2D eigenvalue weighted by molar-refractivity contribution is 0.0600. The molecular formula is C14H21NO3. The number of hydrogen-bond donors (Lipinski definition) is 1. The van der Waals surface area contributed by atoms with Gasteiger partial charge in [-0.15, -0.1) is 0 Å². The second-order valence-electron chi connectivity index (χ2n) is 4.28. The largest absolute Gasteiger partial charge is 0.465 e. The number of ether oxygens (including phenoxy) is 2. The number of carbonyl (C=O) groups is 1. The third-order valence-electron chi connectivity index (χ3n) is 2.43. The van der Waals surface area contributed by atoms with Crippen LogP contribution in [0.25, 0.3) is 0 Å². The van der Waals surface area contributed by atoms with Crippen molar-refractivity contribution in [3.8, 4) is 0 Å². The predicted octanol–water partition coefficient (Wildman–Crippen LogP) is 1.99. The van der Waals surface area contributed by atoms with Crippen LogP contribution in [0.15, 0.2) is 24.3 Å². The Labute approximate surface area is 108 Å². The predicted molar refractivity (Wildman–Crippen MR) is 70.6 cm³/mol. The SMILES string of the molecule is COC(=O)c1ccc(CNCCOC(C)C)cc1. The molecule has 0 aliphatic carbocycles. The van der Waals surface area contributed by atoms with Crippen LogP contribution in [0.5, 0.6) is 0 Å². The molecule has 1 rings (SSSR count). The summed E-state index contributed by atoms with van der Waals surface area (Å²) in [5.74, 6) is -0.306. The Hall–Kier alpha value is -1.39. The number of carbonyl (C=O) groups excluding carboxylic acids is 1. The standard InChI is InChI=1S/C14H21NO3/c1-11(2)18-9-8-15-10-12-4-6-13(7-5-12)14(16)17-3/h4-7,11,15H,8-10H2,1-3H3. The summed E-state index contributed by atoms with van der Waals surface area (Å²) < 4.78 is 10.1. The van der Waals surface area contributed by atoms with Crippen molar-refractivity contribution in [1.29, 1.82) is 0 Å². The van der Waals surface area contributed by atoms with E-state index >= 15 is 0 Å². The average molecular weight is 251 g/mol. The minimum absolute atomic E-state index is 0.270. The Morgan fingerprint density at radius 2 is 1.94 bits per heavy atom. The molecule has 18 heavy (non-hydrogen) atoms. The smallest absolute Gasteiger partial charge is 0.337 e. The van der Waals surface area contributed by atoms with Gasteiger partial charge in [-0.3, -0.25) is 0 Å². The summed E-state index contributed by atoms with van der Waals surface area (Å²) in [6, 6.07) is 7.38. The van der Waals surface area contributed by atoms with Gasteiger partial charge >= 0.3 is 5.97 Å². The lowest BCUT2D eigenvalue weighted by Crippen LogP contribution is -2.20. The number of methoxy groups -OCH3 is 1. The summed E-state index contributed by atoms with van der Waals surface area (Å²) in [6.07, 6.45) is 0.270. The highest BCUT2D eigenvalue weighted by molar-refractivity contribution is 5.89. The van der Waals surface area contributed by atoms with Crippen LogP contribution < -0.4 is 5.32 Å². The van der Waals surface area contributed by atoms with Gasteiger partial charge < -0.3 is 14.8 Å². The summed E-state index contributed by atoms with van der Waals surface area (Å²) >= 11 is 0. The van der Waals surface area contributed by atoms with E-state index in [0.29, 0.717) is 12.2 Å². The zero-order chi connectivity index (χ0) is 13.4. The summed E-state index contributed by atoms with van der Waals surface area (Å²) in [5.41, 5.74) is 1.71. The summed E-state index contributed by atoms with van der Waals surface area (Å²) in [6.45, 7) is 6.33. The Kier molecular flexibility index (Phi) is 6.39. The Bertz CT molecular complexity index is 360. The van der Waals surface area contributed by atoms with Crippen molar-refractivity contribution < 1.29 is 14.3 Å². The molecule has 1 aromatic carbocycles. The van der Waals surface area contributed by atoms with Crippen molar-refractivity contribution in [2.75, 3.05) is 20.3 Å². The molecule has 0 saturated heterocycles. The Balaban J connectivity index is 2.29. The van der Waals surface area contributed by atoms with E-state index in [1.165, 1.54) is 7.11 Å². The maximum atomic E-state index is 11.2. The van der Waals surface area contributed by atoms with Gasteiger partial charge in [-0.05, 0) is 31.5 Å². The minimum Gasteiger partial charge on any atom is -0.465 e. The van der Waals surface area contributed by atoms with Crippen LogP contribution in [0.4, 0.5) is 0 Å². The van der Waals surface area contributed by atoms with Gasteiger partial charge in [-0.1, -0.05) is 12.1 Å². The van der Waals surface area contributed by atoms with Crippen molar-refractivity contribution in [2.45, 2.75) is 26.5 Å². The number of esters is 1. The zero-order valence-corrected chi connectivity index (χ0v) is 11.2. The molecule has 1 N–H and O–H groups in total. The van der Waals surface area contributed by atoms with E-state index in [2.05, 4.69) is 10.1 Å². The van der Waals surface area contributed by atoms with E-state index < -0.39 is 0 Å². The maximum Gasteiger partial charge on any atom is 0.337 e. The molecule has 0 aliphatic heterocycles. The van der Waals surface area contributed by atoms with Gasteiger partial charge in [0.2, 0.25) is 0 Å². The van der Waals surface area contributed by atoms with Crippen LogP contribution in [-0.2, 0) is 16.0 Å². The fourth-order valence-electron chi connectivity index (χ4n) is 1.48. The highest BCUT2D eigenvalue weighted by Gasteiger charge is 2.03. The third kappa shape index (κ3) is 5.29. The van der Waals surface area contributed by atoms with Crippen LogP contribution in [0.1, 0.15) is 29.8 Å². The first kappa shape index (κ1) is 14.7. The van der Waals surface area contributed by atoms with Gasteiger partial charge in [0.15, 0.2) is 0 Å². The molecule has 0 unspecified atom stereocenters. The quantitative estimate of drug-likeness (QED) is 0.594. The average Bonchev–Trinajstić information content (AvgIpc) is 2.38. The minimum atomic E-state index is -0.306. The molecule has 100 valence electrons. The molecule has 0 fully saturated rings.